The van der Waals surface area contributed by atoms with Crippen molar-refractivity contribution in [3.63, 3.8) is 0 Å². The normalized spacial score (nSPS) is 19.9. The molecular formula is C40H48FN9O5S. The highest BCUT2D eigenvalue weighted by molar-refractivity contribution is 7.99. The number of aromatic nitrogens is 6. The molecule has 2 N–H and O–H groups in total. The second kappa shape index (κ2) is 15.8. The minimum atomic E-state index is -0.602. The van der Waals surface area contributed by atoms with E-state index in [-0.39, 0.29) is 5.39 Å². The van der Waals surface area contributed by atoms with Crippen molar-refractivity contribution in [2.75, 3.05) is 64.0 Å². The Morgan fingerprint density at radius 2 is 1.70 bits per heavy atom. The van der Waals surface area contributed by atoms with E-state index < -0.39 is 22.6 Å². The SMILES string of the molecule is Cn1nc(-n2ccc(=O)[nH]c2=O)c2ccc(N3CCC(N4CC(N5CCC(COc6cc(F)c7c(=O)[nH]c(CSC8CCOCC8)nc7c6)CC5)C4)CC3)cc21. The van der Waals surface area contributed by atoms with Crippen LogP contribution in [0.25, 0.3) is 27.6 Å². The third-order valence-electron chi connectivity index (χ3n) is 12.2. The lowest BCUT2D eigenvalue weighted by molar-refractivity contribution is -0.0181. The average Bonchev–Trinajstić information content (AvgIpc) is 3.51. The Morgan fingerprint density at radius 1 is 0.911 bits per heavy atom. The number of hydrogen-bond acceptors (Lipinski definition) is 11. The van der Waals surface area contributed by atoms with Crippen molar-refractivity contribution in [1.29, 1.82) is 0 Å². The predicted molar refractivity (Wildman–Crippen MR) is 215 cm³/mol. The molecule has 0 spiro atoms. The van der Waals surface area contributed by atoms with Gasteiger partial charge in [-0.2, -0.15) is 16.9 Å². The summed E-state index contributed by atoms with van der Waals surface area (Å²) in [5.74, 6) is 1.84. The van der Waals surface area contributed by atoms with Crippen LogP contribution in [0.4, 0.5) is 10.1 Å². The molecule has 4 saturated heterocycles. The van der Waals surface area contributed by atoms with Gasteiger partial charge in [0.2, 0.25) is 0 Å². The van der Waals surface area contributed by atoms with E-state index in [0.717, 1.165) is 108 Å². The summed E-state index contributed by atoms with van der Waals surface area (Å²) in [5, 5.41) is 5.89. The molecule has 4 fully saturated rings. The molecule has 0 bridgehead atoms. The Bertz CT molecular complexity index is 2390. The number of aromatic amines is 2. The molecule has 14 nitrogen and oxygen atoms in total. The summed E-state index contributed by atoms with van der Waals surface area (Å²) >= 11 is 1.76. The van der Waals surface area contributed by atoms with Crippen molar-refractivity contribution >= 4 is 39.3 Å². The van der Waals surface area contributed by atoms with Gasteiger partial charge >= 0.3 is 5.69 Å². The molecule has 0 saturated carbocycles. The summed E-state index contributed by atoms with van der Waals surface area (Å²) in [6.07, 6.45) is 7.75. The van der Waals surface area contributed by atoms with Crippen LogP contribution in [0.5, 0.6) is 5.75 Å². The van der Waals surface area contributed by atoms with Crippen LogP contribution in [0.1, 0.15) is 44.3 Å². The van der Waals surface area contributed by atoms with Crippen molar-refractivity contribution in [2.24, 2.45) is 13.0 Å². The Hall–Kier alpha value is -4.51. The Morgan fingerprint density at radius 3 is 2.46 bits per heavy atom. The Labute approximate surface area is 327 Å². The number of aryl methyl sites for hydroxylation is 1. The molecule has 4 aliphatic rings. The molecule has 56 heavy (non-hydrogen) atoms. The van der Waals surface area contributed by atoms with E-state index in [1.54, 1.807) is 22.5 Å². The van der Waals surface area contributed by atoms with Crippen molar-refractivity contribution in [3.8, 4) is 11.6 Å². The fourth-order valence-electron chi connectivity index (χ4n) is 8.83. The molecule has 0 radical (unpaired) electrons. The average molecular weight is 786 g/mol. The van der Waals surface area contributed by atoms with Crippen LogP contribution >= 0.6 is 11.8 Å². The summed E-state index contributed by atoms with van der Waals surface area (Å²) < 4.78 is 29.8. The van der Waals surface area contributed by atoms with Crippen LogP contribution in [-0.4, -0.2) is 116 Å². The van der Waals surface area contributed by atoms with Crippen LogP contribution < -0.4 is 26.4 Å². The van der Waals surface area contributed by atoms with Gasteiger partial charge in [0.05, 0.1) is 23.4 Å². The highest BCUT2D eigenvalue weighted by Crippen LogP contribution is 2.32. The van der Waals surface area contributed by atoms with Crippen LogP contribution in [-0.2, 0) is 17.5 Å². The number of rotatable bonds is 10. The monoisotopic (exact) mass is 785 g/mol. The van der Waals surface area contributed by atoms with Gasteiger partial charge in [0.1, 0.15) is 22.8 Å². The Balaban J connectivity index is 0.729. The van der Waals surface area contributed by atoms with E-state index in [1.807, 2.05) is 13.1 Å². The van der Waals surface area contributed by atoms with Gasteiger partial charge < -0.3 is 19.4 Å². The zero-order valence-corrected chi connectivity index (χ0v) is 32.4. The lowest BCUT2D eigenvalue weighted by Gasteiger charge is -2.52. The summed E-state index contributed by atoms with van der Waals surface area (Å²) in [6.45, 7) is 8.30. The van der Waals surface area contributed by atoms with Crippen LogP contribution in [0.3, 0.4) is 0 Å². The molecule has 2 aromatic carbocycles. The van der Waals surface area contributed by atoms with Gasteiger partial charge in [0, 0.05) is 99.2 Å². The van der Waals surface area contributed by atoms with E-state index in [0.29, 0.717) is 58.5 Å². The van der Waals surface area contributed by atoms with Crippen LogP contribution in [0.15, 0.2) is 57.0 Å². The first-order chi connectivity index (χ1) is 27.3. The lowest BCUT2D eigenvalue weighted by atomic mass is 9.92. The molecule has 296 valence electrons. The minimum absolute atomic E-state index is 0.0199. The maximum atomic E-state index is 15.1. The van der Waals surface area contributed by atoms with E-state index in [1.165, 1.54) is 22.9 Å². The maximum absolute atomic E-state index is 15.1. The van der Waals surface area contributed by atoms with Crippen molar-refractivity contribution < 1.29 is 13.9 Å². The third-order valence-corrected chi connectivity index (χ3v) is 13.5. The number of nitrogens with one attached hydrogen (secondary N) is 2. The first-order valence-corrected chi connectivity index (χ1v) is 20.9. The van der Waals surface area contributed by atoms with Gasteiger partial charge in [-0.1, -0.05) is 0 Å². The number of benzene rings is 2. The molecule has 7 heterocycles. The number of H-pyrrole nitrogens is 2. The van der Waals surface area contributed by atoms with E-state index in [2.05, 4.69) is 46.9 Å². The van der Waals surface area contributed by atoms with Gasteiger partial charge in [0.25, 0.3) is 11.1 Å². The first-order valence-electron chi connectivity index (χ1n) is 19.8. The number of ether oxygens (including phenoxy) is 2. The highest BCUT2D eigenvalue weighted by atomic mass is 32.2. The standard InChI is InChI=1S/C40H48FN9O5S/c1-46-34-18-27(2-3-31(34)38(45-46)50-15-8-36(51)44-40(50)53)47-13-6-26(7-14-47)49-21-28(22-49)48-11-4-25(5-12-48)23-55-29-19-32(41)37-33(20-29)42-35(43-39(37)52)24-56-30-9-16-54-17-10-30/h2-3,8,15,18-20,25-26,28,30H,4-7,9-14,16-17,21-24H2,1H3,(H,42,43,52)(H,44,51,53). The fourth-order valence-corrected chi connectivity index (χ4v) is 9.89. The first kappa shape index (κ1) is 37.1. The van der Waals surface area contributed by atoms with Gasteiger partial charge in [0.15, 0.2) is 5.82 Å². The van der Waals surface area contributed by atoms with Crippen molar-refractivity contribution in [2.45, 2.75) is 61.6 Å². The summed E-state index contributed by atoms with van der Waals surface area (Å²) in [6, 6.07) is 11.8. The lowest BCUT2D eigenvalue weighted by Crippen LogP contribution is -2.64. The quantitative estimate of drug-likeness (QED) is 0.214. The molecule has 0 unspecified atom stereocenters. The number of halogens is 1. The van der Waals surface area contributed by atoms with Crippen LogP contribution in [0.2, 0.25) is 0 Å². The zero-order valence-electron chi connectivity index (χ0n) is 31.6. The Kier molecular flexibility index (Phi) is 10.5. The summed E-state index contributed by atoms with van der Waals surface area (Å²) in [5.41, 5.74) is 1.03. The summed E-state index contributed by atoms with van der Waals surface area (Å²) in [4.78, 5) is 54.1. The molecule has 0 aliphatic carbocycles. The molecule has 0 atom stereocenters. The van der Waals surface area contributed by atoms with Crippen LogP contribution in [0, 0.1) is 11.7 Å². The highest BCUT2D eigenvalue weighted by Gasteiger charge is 2.38. The number of likely N-dealkylation sites (tertiary alicyclic amines) is 2. The number of nitrogens with zero attached hydrogens (tertiary/aromatic N) is 7. The van der Waals surface area contributed by atoms with Crippen molar-refractivity contribution in [1.82, 2.24) is 39.1 Å². The van der Waals surface area contributed by atoms with Gasteiger partial charge in [-0.3, -0.25) is 33.6 Å². The molecule has 5 aromatic rings. The summed E-state index contributed by atoms with van der Waals surface area (Å²) in [7, 11) is 1.87. The zero-order chi connectivity index (χ0) is 38.3. The predicted octanol–water partition coefficient (Wildman–Crippen LogP) is 3.64. The number of anilines is 1. The van der Waals surface area contributed by atoms with Gasteiger partial charge in [-0.05, 0) is 75.7 Å². The number of piperidine rings is 2. The van der Waals surface area contributed by atoms with Gasteiger partial charge in [-0.15, -0.1) is 0 Å². The van der Waals surface area contributed by atoms with Gasteiger partial charge in [-0.25, -0.2) is 14.2 Å². The molecule has 0 amide bonds. The second-order valence-electron chi connectivity index (χ2n) is 15.7. The van der Waals surface area contributed by atoms with E-state index in [9.17, 15) is 14.4 Å². The molecule has 9 rings (SSSR count). The second-order valence-corrected chi connectivity index (χ2v) is 17.0. The maximum Gasteiger partial charge on any atom is 0.334 e. The fraction of sp³-hybridized carbons (Fsp3) is 0.525. The molecule has 4 aliphatic heterocycles. The minimum Gasteiger partial charge on any atom is -0.493 e. The molecule has 3 aromatic heterocycles. The number of fused-ring (bicyclic) bond motifs is 2. The number of hydrogen-bond donors (Lipinski definition) is 2. The molecular weight excluding hydrogens is 738 g/mol. The topological polar surface area (TPSA) is 147 Å². The number of thioether (sulfide) groups is 1. The van der Waals surface area contributed by atoms with E-state index in [4.69, 9.17) is 9.47 Å². The van der Waals surface area contributed by atoms with E-state index >= 15 is 4.39 Å². The third kappa shape index (κ3) is 7.63. The largest absolute Gasteiger partial charge is 0.493 e. The molecule has 16 heteroatoms. The smallest absolute Gasteiger partial charge is 0.334 e. The van der Waals surface area contributed by atoms with Crippen molar-refractivity contribution in [3.05, 3.63) is 85.4 Å².